The topological polar surface area (TPSA) is 138 Å². The molecule has 1 amide bonds. The van der Waals surface area contributed by atoms with E-state index in [2.05, 4.69) is 33.2 Å². The Bertz CT molecular complexity index is 1260. The fourth-order valence-corrected chi connectivity index (χ4v) is 4.55. The Labute approximate surface area is 210 Å². The fourth-order valence-electron chi connectivity index (χ4n) is 4.55. The molecule has 188 valence electrons. The minimum atomic E-state index is -0.374. The van der Waals surface area contributed by atoms with Gasteiger partial charge in [-0.15, -0.1) is 0 Å². The van der Waals surface area contributed by atoms with Gasteiger partial charge in [0.1, 0.15) is 11.8 Å². The molecule has 2 aromatic carbocycles. The standard InChI is InChI=1S/C27H31N5O4/c1-17(2)35-24-8-7-21(15-22(24)16-28)27-30-26(31-36-27)20-6-5-18-9-11-32(12-10-19(18)14-20)23(25(29)34)4-3-13-33/h5-8,14-15,17,23,33H,3-4,9-13H2,1-2H3,(H2,29,34). The van der Waals surface area contributed by atoms with Crippen molar-refractivity contribution in [3.8, 4) is 34.7 Å². The van der Waals surface area contributed by atoms with Crippen molar-refractivity contribution in [2.45, 2.75) is 51.7 Å². The molecule has 9 nitrogen and oxygen atoms in total. The molecule has 9 heteroatoms. The van der Waals surface area contributed by atoms with E-state index < -0.39 is 0 Å². The molecular formula is C27H31N5O4. The van der Waals surface area contributed by atoms with Crippen LogP contribution < -0.4 is 10.5 Å². The summed E-state index contributed by atoms with van der Waals surface area (Å²) in [6, 6.07) is 13.1. The number of aliphatic hydroxyl groups is 1. The van der Waals surface area contributed by atoms with Gasteiger partial charge in [0, 0.05) is 30.8 Å². The molecule has 4 rings (SSSR count). The fraction of sp³-hybridized carbons (Fsp3) is 0.407. The summed E-state index contributed by atoms with van der Waals surface area (Å²) < 4.78 is 11.2. The quantitative estimate of drug-likeness (QED) is 0.468. The van der Waals surface area contributed by atoms with Gasteiger partial charge in [-0.3, -0.25) is 9.69 Å². The molecule has 3 aromatic rings. The molecule has 3 N–H and O–H groups in total. The summed E-state index contributed by atoms with van der Waals surface area (Å²) in [5.74, 6) is 0.961. The van der Waals surface area contributed by atoms with Crippen molar-refractivity contribution in [1.29, 1.82) is 5.26 Å². The maximum Gasteiger partial charge on any atom is 0.258 e. The van der Waals surface area contributed by atoms with Crippen LogP contribution >= 0.6 is 0 Å². The van der Waals surface area contributed by atoms with Crippen LogP contribution in [0.1, 0.15) is 43.4 Å². The van der Waals surface area contributed by atoms with Gasteiger partial charge in [0.15, 0.2) is 0 Å². The second kappa shape index (κ2) is 11.3. The highest BCUT2D eigenvalue weighted by atomic mass is 16.5. The molecule has 1 atom stereocenters. The Morgan fingerprint density at radius 1 is 1.19 bits per heavy atom. The van der Waals surface area contributed by atoms with Crippen LogP contribution in [0.2, 0.25) is 0 Å². The molecule has 0 radical (unpaired) electrons. The molecule has 0 fully saturated rings. The minimum Gasteiger partial charge on any atom is -0.490 e. The summed E-state index contributed by atoms with van der Waals surface area (Å²) in [5.41, 5.74) is 9.93. The normalized spacial score (nSPS) is 14.6. The third-order valence-corrected chi connectivity index (χ3v) is 6.34. The average Bonchev–Trinajstić information content (AvgIpc) is 3.26. The zero-order chi connectivity index (χ0) is 25.7. The first-order chi connectivity index (χ1) is 17.4. The molecule has 0 bridgehead atoms. The van der Waals surface area contributed by atoms with Crippen LogP contribution in [0.15, 0.2) is 40.9 Å². The largest absolute Gasteiger partial charge is 0.490 e. The molecule has 0 spiro atoms. The third-order valence-electron chi connectivity index (χ3n) is 6.34. The number of aliphatic hydroxyl groups excluding tert-OH is 1. The molecule has 1 aromatic heterocycles. The van der Waals surface area contributed by atoms with E-state index in [1.54, 1.807) is 18.2 Å². The SMILES string of the molecule is CC(C)Oc1ccc(-c2nc(-c3ccc4c(c3)CCN(C(CCCO)C(N)=O)CC4)no2)cc1C#N. The van der Waals surface area contributed by atoms with Gasteiger partial charge in [-0.05, 0) is 74.9 Å². The summed E-state index contributed by atoms with van der Waals surface area (Å²) in [6.45, 7) is 5.29. The molecule has 2 heterocycles. The Hall–Kier alpha value is -3.74. The maximum absolute atomic E-state index is 12.0. The van der Waals surface area contributed by atoms with E-state index in [0.717, 1.165) is 24.9 Å². The summed E-state index contributed by atoms with van der Waals surface area (Å²) in [5, 5.41) is 22.8. The Morgan fingerprint density at radius 3 is 2.64 bits per heavy atom. The van der Waals surface area contributed by atoms with Gasteiger partial charge in [0.05, 0.1) is 17.7 Å². The van der Waals surface area contributed by atoms with Crippen LogP contribution in [0.3, 0.4) is 0 Å². The highest BCUT2D eigenvalue weighted by Crippen LogP contribution is 2.29. The van der Waals surface area contributed by atoms with E-state index in [1.165, 1.54) is 11.1 Å². The lowest BCUT2D eigenvalue weighted by atomic mass is 10.00. The predicted molar refractivity (Wildman–Crippen MR) is 134 cm³/mol. The first kappa shape index (κ1) is 25.4. The highest BCUT2D eigenvalue weighted by Gasteiger charge is 2.26. The average molecular weight is 490 g/mol. The molecule has 0 aliphatic carbocycles. The number of hydrogen-bond donors (Lipinski definition) is 2. The zero-order valence-electron chi connectivity index (χ0n) is 20.6. The summed E-state index contributed by atoms with van der Waals surface area (Å²) in [4.78, 5) is 18.7. The predicted octanol–water partition coefficient (Wildman–Crippen LogP) is 3.09. The van der Waals surface area contributed by atoms with Crippen LogP contribution in [0.5, 0.6) is 5.75 Å². The van der Waals surface area contributed by atoms with Crippen molar-refractivity contribution in [1.82, 2.24) is 15.0 Å². The lowest BCUT2D eigenvalue weighted by Gasteiger charge is -2.28. The molecular weight excluding hydrogens is 458 g/mol. The van der Waals surface area contributed by atoms with E-state index in [0.29, 0.717) is 48.0 Å². The third kappa shape index (κ3) is 5.73. The number of nitrogens with zero attached hydrogens (tertiary/aromatic N) is 4. The summed E-state index contributed by atoms with van der Waals surface area (Å²) in [7, 11) is 0. The number of nitrogens with two attached hydrogens (primary N) is 1. The van der Waals surface area contributed by atoms with Crippen LogP contribution in [0, 0.1) is 11.3 Å². The van der Waals surface area contributed by atoms with Gasteiger partial charge >= 0.3 is 0 Å². The van der Waals surface area contributed by atoms with E-state index >= 15 is 0 Å². The molecule has 0 saturated carbocycles. The highest BCUT2D eigenvalue weighted by molar-refractivity contribution is 5.79. The van der Waals surface area contributed by atoms with Crippen LogP contribution in [0.4, 0.5) is 0 Å². The van der Waals surface area contributed by atoms with E-state index in [-0.39, 0.29) is 24.7 Å². The Kier molecular flexibility index (Phi) is 7.98. The van der Waals surface area contributed by atoms with E-state index in [1.807, 2.05) is 19.9 Å². The van der Waals surface area contributed by atoms with Gasteiger partial charge < -0.3 is 20.1 Å². The monoisotopic (exact) mass is 489 g/mol. The van der Waals surface area contributed by atoms with Gasteiger partial charge in [0.2, 0.25) is 11.7 Å². The Balaban J connectivity index is 1.52. The van der Waals surface area contributed by atoms with Crippen LogP contribution in [-0.2, 0) is 17.6 Å². The van der Waals surface area contributed by atoms with Gasteiger partial charge in [0.25, 0.3) is 5.89 Å². The first-order valence-corrected chi connectivity index (χ1v) is 12.2. The van der Waals surface area contributed by atoms with Crippen LogP contribution in [0.25, 0.3) is 22.8 Å². The zero-order valence-corrected chi connectivity index (χ0v) is 20.6. The lowest BCUT2D eigenvalue weighted by molar-refractivity contribution is -0.123. The number of hydrogen-bond acceptors (Lipinski definition) is 8. The molecule has 0 saturated heterocycles. The second-order valence-electron chi connectivity index (χ2n) is 9.22. The van der Waals surface area contributed by atoms with Crippen LogP contribution in [-0.4, -0.2) is 57.9 Å². The maximum atomic E-state index is 12.0. The number of fused-ring (bicyclic) bond motifs is 1. The summed E-state index contributed by atoms with van der Waals surface area (Å²) in [6.07, 6.45) is 2.62. The van der Waals surface area contributed by atoms with E-state index in [9.17, 15) is 10.1 Å². The van der Waals surface area contributed by atoms with Crippen molar-refractivity contribution in [2.24, 2.45) is 5.73 Å². The van der Waals surface area contributed by atoms with Gasteiger partial charge in [-0.1, -0.05) is 17.3 Å². The molecule has 1 aliphatic rings. The first-order valence-electron chi connectivity index (χ1n) is 12.2. The number of carbonyl (C=O) groups is 1. The van der Waals surface area contributed by atoms with Crippen molar-refractivity contribution in [3.63, 3.8) is 0 Å². The van der Waals surface area contributed by atoms with Crippen molar-refractivity contribution in [2.75, 3.05) is 19.7 Å². The molecule has 1 aliphatic heterocycles. The molecule has 1 unspecified atom stereocenters. The number of primary amides is 1. The molecule has 36 heavy (non-hydrogen) atoms. The minimum absolute atomic E-state index is 0.0412. The number of aromatic nitrogens is 2. The Morgan fingerprint density at radius 2 is 1.94 bits per heavy atom. The summed E-state index contributed by atoms with van der Waals surface area (Å²) >= 11 is 0. The number of rotatable bonds is 9. The van der Waals surface area contributed by atoms with Crippen molar-refractivity contribution in [3.05, 3.63) is 53.1 Å². The van der Waals surface area contributed by atoms with Gasteiger partial charge in [-0.2, -0.15) is 10.2 Å². The van der Waals surface area contributed by atoms with E-state index in [4.69, 9.17) is 20.1 Å². The number of ether oxygens (including phenoxy) is 1. The number of amides is 1. The van der Waals surface area contributed by atoms with Crippen molar-refractivity contribution < 1.29 is 19.2 Å². The second-order valence-corrected chi connectivity index (χ2v) is 9.22. The number of nitriles is 1. The number of benzene rings is 2. The van der Waals surface area contributed by atoms with Gasteiger partial charge in [-0.25, -0.2) is 0 Å². The number of carbonyl (C=O) groups excluding carboxylic acids is 1. The lowest BCUT2D eigenvalue weighted by Crippen LogP contribution is -2.46. The van der Waals surface area contributed by atoms with Crippen molar-refractivity contribution >= 4 is 5.91 Å². The smallest absolute Gasteiger partial charge is 0.258 e.